The van der Waals surface area contributed by atoms with Crippen LogP contribution in [0.25, 0.3) is 0 Å². The van der Waals surface area contributed by atoms with Gasteiger partial charge in [-0.25, -0.2) is 8.42 Å². The van der Waals surface area contributed by atoms with Crippen molar-refractivity contribution in [2.75, 3.05) is 31.6 Å². The standard InChI is InChI=1S/C21H26N2O5S/c1-23(17-8-10-18(27-2)11-9-17)29(25,26)20-7-3-5-16(15-20)21(24)22-13-12-19-6-4-14-28-19/h3,5,7-11,15,19H,4,6,12-14H2,1-2H3,(H,22,24). The summed E-state index contributed by atoms with van der Waals surface area (Å²) in [5, 5.41) is 2.84. The van der Waals surface area contributed by atoms with Gasteiger partial charge in [0.1, 0.15) is 5.75 Å². The number of nitrogens with one attached hydrogen (secondary N) is 1. The lowest BCUT2D eigenvalue weighted by atomic mass is 10.1. The molecule has 8 heteroatoms. The van der Waals surface area contributed by atoms with Crippen LogP contribution in [0.5, 0.6) is 5.75 Å². The van der Waals surface area contributed by atoms with E-state index in [9.17, 15) is 13.2 Å². The van der Waals surface area contributed by atoms with Crippen LogP contribution in [0.4, 0.5) is 5.69 Å². The Morgan fingerprint density at radius 1 is 1.24 bits per heavy atom. The third-order valence-electron chi connectivity index (χ3n) is 4.97. The molecule has 0 bridgehead atoms. The summed E-state index contributed by atoms with van der Waals surface area (Å²) in [7, 11) is -0.783. The maximum Gasteiger partial charge on any atom is 0.264 e. The lowest BCUT2D eigenvalue weighted by Crippen LogP contribution is -2.28. The molecule has 2 aromatic carbocycles. The second kappa shape index (κ2) is 9.28. The van der Waals surface area contributed by atoms with Crippen LogP contribution in [0.1, 0.15) is 29.6 Å². The minimum atomic E-state index is -3.81. The molecule has 1 aliphatic rings. The fourth-order valence-electron chi connectivity index (χ4n) is 3.21. The van der Waals surface area contributed by atoms with Gasteiger partial charge in [-0.1, -0.05) is 6.07 Å². The number of hydrogen-bond donors (Lipinski definition) is 1. The van der Waals surface area contributed by atoms with Gasteiger partial charge in [-0.15, -0.1) is 0 Å². The van der Waals surface area contributed by atoms with E-state index >= 15 is 0 Å². The van der Waals surface area contributed by atoms with E-state index in [1.807, 2.05) is 0 Å². The summed E-state index contributed by atoms with van der Waals surface area (Å²) < 4.78 is 37.8. The molecule has 7 nitrogen and oxygen atoms in total. The zero-order valence-corrected chi connectivity index (χ0v) is 17.4. The van der Waals surface area contributed by atoms with Crippen molar-refractivity contribution in [1.82, 2.24) is 5.32 Å². The second-order valence-electron chi connectivity index (χ2n) is 6.88. The molecule has 156 valence electrons. The van der Waals surface area contributed by atoms with E-state index in [0.29, 0.717) is 23.5 Å². The largest absolute Gasteiger partial charge is 0.497 e. The highest BCUT2D eigenvalue weighted by Gasteiger charge is 2.23. The Hall–Kier alpha value is -2.58. The van der Waals surface area contributed by atoms with E-state index in [-0.39, 0.29) is 16.9 Å². The highest BCUT2D eigenvalue weighted by Crippen LogP contribution is 2.24. The van der Waals surface area contributed by atoms with E-state index in [1.54, 1.807) is 43.5 Å². The van der Waals surface area contributed by atoms with Crippen LogP contribution >= 0.6 is 0 Å². The number of rotatable bonds is 8. The fraction of sp³-hybridized carbons (Fsp3) is 0.381. The zero-order chi connectivity index (χ0) is 20.9. The number of nitrogens with zero attached hydrogens (tertiary/aromatic N) is 1. The van der Waals surface area contributed by atoms with Gasteiger partial charge in [-0.05, 0) is 61.7 Å². The molecule has 1 fully saturated rings. The van der Waals surface area contributed by atoms with E-state index < -0.39 is 10.0 Å². The number of ether oxygens (including phenoxy) is 2. The number of sulfonamides is 1. The van der Waals surface area contributed by atoms with Crippen LogP contribution < -0.4 is 14.4 Å². The van der Waals surface area contributed by atoms with Crippen LogP contribution in [0, 0.1) is 0 Å². The lowest BCUT2D eigenvalue weighted by Gasteiger charge is -2.20. The first kappa shape index (κ1) is 21.1. The summed E-state index contributed by atoms with van der Waals surface area (Å²) in [4.78, 5) is 12.5. The molecule has 0 radical (unpaired) electrons. The number of anilines is 1. The lowest BCUT2D eigenvalue weighted by molar-refractivity contribution is 0.0907. The maximum absolute atomic E-state index is 13.0. The molecule has 1 heterocycles. The molecule has 0 saturated carbocycles. The number of hydrogen-bond acceptors (Lipinski definition) is 5. The van der Waals surface area contributed by atoms with Gasteiger partial charge in [-0.2, -0.15) is 0 Å². The molecule has 0 spiro atoms. The first-order chi connectivity index (χ1) is 13.9. The van der Waals surface area contributed by atoms with Gasteiger partial charge in [0.15, 0.2) is 0 Å². The van der Waals surface area contributed by atoms with Gasteiger partial charge in [0.2, 0.25) is 0 Å². The van der Waals surface area contributed by atoms with Gasteiger partial charge < -0.3 is 14.8 Å². The topological polar surface area (TPSA) is 84.9 Å². The van der Waals surface area contributed by atoms with Gasteiger partial charge in [0.05, 0.1) is 23.8 Å². The highest BCUT2D eigenvalue weighted by molar-refractivity contribution is 7.92. The fourth-order valence-corrected chi connectivity index (χ4v) is 4.45. The minimum absolute atomic E-state index is 0.0580. The monoisotopic (exact) mass is 418 g/mol. The van der Waals surface area contributed by atoms with Crippen LogP contribution in [0.3, 0.4) is 0 Å². The molecule has 2 aromatic rings. The molecule has 0 aliphatic carbocycles. The van der Waals surface area contributed by atoms with Crippen molar-refractivity contribution in [3.63, 3.8) is 0 Å². The van der Waals surface area contributed by atoms with Crippen molar-refractivity contribution >= 4 is 21.6 Å². The first-order valence-corrected chi connectivity index (χ1v) is 11.0. The van der Waals surface area contributed by atoms with Gasteiger partial charge in [0, 0.05) is 25.8 Å². The summed E-state index contributed by atoms with van der Waals surface area (Å²) in [5.41, 5.74) is 0.804. The predicted octanol–water partition coefficient (Wildman–Crippen LogP) is 2.82. The van der Waals surface area contributed by atoms with Crippen LogP contribution in [0.2, 0.25) is 0 Å². The maximum atomic E-state index is 13.0. The molecule has 1 N–H and O–H groups in total. The summed E-state index contributed by atoms with van der Waals surface area (Å²) >= 11 is 0. The zero-order valence-electron chi connectivity index (χ0n) is 16.6. The van der Waals surface area contributed by atoms with Crippen molar-refractivity contribution in [3.8, 4) is 5.75 Å². The van der Waals surface area contributed by atoms with Gasteiger partial charge >= 0.3 is 0 Å². The van der Waals surface area contributed by atoms with E-state index in [4.69, 9.17) is 9.47 Å². The minimum Gasteiger partial charge on any atom is -0.497 e. The van der Waals surface area contributed by atoms with Crippen molar-refractivity contribution in [2.45, 2.75) is 30.3 Å². The van der Waals surface area contributed by atoms with Crippen molar-refractivity contribution in [3.05, 3.63) is 54.1 Å². The van der Waals surface area contributed by atoms with Gasteiger partial charge in [0.25, 0.3) is 15.9 Å². The average molecular weight is 419 g/mol. The first-order valence-electron chi connectivity index (χ1n) is 9.54. The Bertz CT molecular complexity index is 938. The predicted molar refractivity (Wildman–Crippen MR) is 111 cm³/mol. The normalized spacial score (nSPS) is 16.4. The molecule has 3 rings (SSSR count). The van der Waals surface area contributed by atoms with Gasteiger partial charge in [-0.3, -0.25) is 9.10 Å². The van der Waals surface area contributed by atoms with Crippen molar-refractivity contribution in [1.29, 1.82) is 0 Å². The summed E-state index contributed by atoms with van der Waals surface area (Å²) in [5.74, 6) is 0.341. The number of carbonyl (C=O) groups is 1. The summed E-state index contributed by atoms with van der Waals surface area (Å²) in [6, 6.07) is 12.8. The van der Waals surface area contributed by atoms with E-state index in [1.165, 1.54) is 23.5 Å². The molecule has 0 aromatic heterocycles. The third-order valence-corrected chi connectivity index (χ3v) is 6.75. The second-order valence-corrected chi connectivity index (χ2v) is 8.85. The molecular formula is C21H26N2O5S. The Morgan fingerprint density at radius 3 is 2.66 bits per heavy atom. The Labute approximate surface area is 171 Å². The Kier molecular flexibility index (Phi) is 6.76. The number of methoxy groups -OCH3 is 1. The Morgan fingerprint density at radius 2 is 2.00 bits per heavy atom. The smallest absolute Gasteiger partial charge is 0.264 e. The third kappa shape index (κ3) is 5.07. The van der Waals surface area contributed by atoms with Crippen LogP contribution in [0.15, 0.2) is 53.4 Å². The number of carbonyl (C=O) groups excluding carboxylic acids is 1. The van der Waals surface area contributed by atoms with Crippen LogP contribution in [-0.4, -0.2) is 47.7 Å². The summed E-state index contributed by atoms with van der Waals surface area (Å²) in [6.07, 6.45) is 3.02. The highest BCUT2D eigenvalue weighted by atomic mass is 32.2. The summed E-state index contributed by atoms with van der Waals surface area (Å²) in [6.45, 7) is 1.27. The van der Waals surface area contributed by atoms with Crippen molar-refractivity contribution in [2.24, 2.45) is 0 Å². The average Bonchev–Trinajstić information content (AvgIpc) is 3.27. The number of benzene rings is 2. The quantitative estimate of drug-likeness (QED) is 0.713. The molecule has 29 heavy (non-hydrogen) atoms. The molecule has 1 unspecified atom stereocenters. The van der Waals surface area contributed by atoms with Crippen LogP contribution in [-0.2, 0) is 14.8 Å². The molecule has 1 aliphatic heterocycles. The molecule has 1 saturated heterocycles. The van der Waals surface area contributed by atoms with Crippen molar-refractivity contribution < 1.29 is 22.7 Å². The SMILES string of the molecule is COc1ccc(N(C)S(=O)(=O)c2cccc(C(=O)NCCC3CCCO3)c2)cc1. The molecule has 1 amide bonds. The number of amides is 1. The molecular weight excluding hydrogens is 392 g/mol. The molecule has 1 atom stereocenters. The van der Waals surface area contributed by atoms with E-state index in [2.05, 4.69) is 5.32 Å². The Balaban J connectivity index is 1.69. The van der Waals surface area contributed by atoms with E-state index in [0.717, 1.165) is 25.9 Å².